The normalized spacial score (nSPS) is 50.6. The summed E-state index contributed by atoms with van der Waals surface area (Å²) < 4.78 is 24.5. The first-order valence-electron chi connectivity index (χ1n) is 2.90. The van der Waals surface area contributed by atoms with Gasteiger partial charge in [-0.15, -0.1) is 0 Å². The van der Waals surface area contributed by atoms with Crippen molar-refractivity contribution in [2.24, 2.45) is 11.3 Å². The molecule has 3 heteroatoms. The number of hydrogen-bond acceptors (Lipinski definition) is 1. The Morgan fingerprint density at radius 2 is 2.11 bits per heavy atom. The van der Waals surface area contributed by atoms with E-state index in [0.29, 0.717) is 6.42 Å². The van der Waals surface area contributed by atoms with Crippen molar-refractivity contribution in [2.45, 2.75) is 18.8 Å². The Kier molecular flexibility index (Phi) is 0.564. The highest BCUT2D eigenvalue weighted by Gasteiger charge is 2.83. The topological polar surface area (TPSA) is 23.8 Å². The number of alkyl halides is 2. The highest BCUT2D eigenvalue weighted by Crippen LogP contribution is 2.78. The SMILES string of the molecule is N#CC1CC12CC2(F)F. The summed E-state index contributed by atoms with van der Waals surface area (Å²) in [5.41, 5.74) is -0.832. The van der Waals surface area contributed by atoms with Crippen molar-refractivity contribution >= 4 is 0 Å². The summed E-state index contributed by atoms with van der Waals surface area (Å²) in [6, 6.07) is 1.87. The molecule has 1 nitrogen and oxygen atoms in total. The lowest BCUT2D eigenvalue weighted by Crippen LogP contribution is -1.94. The summed E-state index contributed by atoms with van der Waals surface area (Å²) in [7, 11) is 0. The fraction of sp³-hybridized carbons (Fsp3) is 0.833. The molecule has 0 N–H and O–H groups in total. The number of rotatable bonds is 0. The quantitative estimate of drug-likeness (QED) is 0.486. The minimum absolute atomic E-state index is 0.0434. The van der Waals surface area contributed by atoms with Gasteiger partial charge < -0.3 is 0 Å². The van der Waals surface area contributed by atoms with Gasteiger partial charge in [-0.25, -0.2) is 8.78 Å². The third-order valence-corrected chi connectivity index (χ3v) is 2.37. The van der Waals surface area contributed by atoms with Crippen LogP contribution in [0.4, 0.5) is 8.78 Å². The van der Waals surface area contributed by atoms with Gasteiger partial charge in [0, 0.05) is 6.42 Å². The standard InChI is InChI=1S/C6H5F2N/c7-6(8)3-5(6)1-4(5)2-9/h4H,1,3H2. The Morgan fingerprint density at radius 3 is 2.22 bits per heavy atom. The lowest BCUT2D eigenvalue weighted by atomic mass is 10.3. The van der Waals surface area contributed by atoms with Crippen LogP contribution in [-0.2, 0) is 0 Å². The average Bonchev–Trinajstić information content (AvgIpc) is 2.53. The van der Waals surface area contributed by atoms with Crippen molar-refractivity contribution < 1.29 is 8.78 Å². The molecule has 2 aliphatic rings. The predicted molar refractivity (Wildman–Crippen MR) is 25.7 cm³/mol. The monoisotopic (exact) mass is 129 g/mol. The second kappa shape index (κ2) is 0.985. The molecule has 2 saturated carbocycles. The van der Waals surface area contributed by atoms with Crippen molar-refractivity contribution in [3.63, 3.8) is 0 Å². The largest absolute Gasteiger partial charge is 0.256 e. The summed E-state index contributed by atoms with van der Waals surface area (Å²) >= 11 is 0. The van der Waals surface area contributed by atoms with Crippen molar-refractivity contribution in [3.8, 4) is 6.07 Å². The van der Waals surface area contributed by atoms with E-state index in [1.807, 2.05) is 6.07 Å². The number of nitriles is 1. The molecular formula is C6H5F2N. The third-order valence-electron chi connectivity index (χ3n) is 2.37. The molecule has 0 heterocycles. The number of hydrogen-bond donors (Lipinski definition) is 0. The molecule has 0 amide bonds. The van der Waals surface area contributed by atoms with Gasteiger partial charge >= 0.3 is 0 Å². The van der Waals surface area contributed by atoms with Gasteiger partial charge in [-0.2, -0.15) is 5.26 Å². The van der Waals surface area contributed by atoms with Crippen molar-refractivity contribution in [3.05, 3.63) is 0 Å². The van der Waals surface area contributed by atoms with Gasteiger partial charge in [-0.05, 0) is 6.42 Å². The van der Waals surface area contributed by atoms with Gasteiger partial charge in [-0.3, -0.25) is 0 Å². The first-order chi connectivity index (χ1) is 4.12. The zero-order valence-corrected chi connectivity index (χ0v) is 4.69. The van der Waals surface area contributed by atoms with E-state index in [9.17, 15) is 8.78 Å². The van der Waals surface area contributed by atoms with Crippen LogP contribution in [0.15, 0.2) is 0 Å². The first-order valence-corrected chi connectivity index (χ1v) is 2.90. The molecule has 0 aromatic heterocycles. The lowest BCUT2D eigenvalue weighted by molar-refractivity contribution is 0.0911. The summed E-state index contributed by atoms with van der Waals surface area (Å²) in [6.45, 7) is 0. The smallest absolute Gasteiger partial charge is 0.206 e. The average molecular weight is 129 g/mol. The van der Waals surface area contributed by atoms with Gasteiger partial charge in [0.25, 0.3) is 5.92 Å². The van der Waals surface area contributed by atoms with Crippen LogP contribution in [0.1, 0.15) is 12.8 Å². The number of nitrogens with zero attached hydrogens (tertiary/aromatic N) is 1. The van der Waals surface area contributed by atoms with E-state index >= 15 is 0 Å². The van der Waals surface area contributed by atoms with Gasteiger partial charge in [0.2, 0.25) is 0 Å². The first kappa shape index (κ1) is 5.16. The molecule has 2 unspecified atom stereocenters. The van der Waals surface area contributed by atoms with Crippen LogP contribution in [-0.4, -0.2) is 5.92 Å². The van der Waals surface area contributed by atoms with Gasteiger partial charge in [0.1, 0.15) is 0 Å². The van der Waals surface area contributed by atoms with Crippen molar-refractivity contribution in [1.29, 1.82) is 5.26 Å². The minimum atomic E-state index is -2.49. The van der Waals surface area contributed by atoms with Crippen LogP contribution < -0.4 is 0 Å². The van der Waals surface area contributed by atoms with Crippen molar-refractivity contribution in [1.82, 2.24) is 0 Å². The van der Waals surface area contributed by atoms with E-state index in [1.54, 1.807) is 0 Å². The Hall–Kier alpha value is -0.650. The van der Waals surface area contributed by atoms with Gasteiger partial charge in [0.05, 0.1) is 17.4 Å². The maximum atomic E-state index is 12.3. The van der Waals surface area contributed by atoms with Crippen LogP contribution in [0.5, 0.6) is 0 Å². The minimum Gasteiger partial charge on any atom is -0.206 e. The van der Waals surface area contributed by atoms with Crippen LogP contribution >= 0.6 is 0 Å². The molecule has 2 aliphatic carbocycles. The van der Waals surface area contributed by atoms with E-state index in [1.165, 1.54) is 0 Å². The van der Waals surface area contributed by atoms with Gasteiger partial charge in [0.15, 0.2) is 0 Å². The van der Waals surface area contributed by atoms with Gasteiger partial charge in [-0.1, -0.05) is 0 Å². The van der Waals surface area contributed by atoms with Crippen LogP contribution in [0, 0.1) is 22.7 Å². The second-order valence-corrected chi connectivity index (χ2v) is 2.92. The van der Waals surface area contributed by atoms with E-state index in [0.717, 1.165) is 0 Å². The predicted octanol–water partition coefficient (Wildman–Crippen LogP) is 1.56. The zero-order chi connectivity index (χ0) is 6.70. The van der Waals surface area contributed by atoms with Crippen LogP contribution in [0.3, 0.4) is 0 Å². The molecule has 0 saturated heterocycles. The maximum Gasteiger partial charge on any atom is 0.256 e. The van der Waals surface area contributed by atoms with Crippen LogP contribution in [0.2, 0.25) is 0 Å². The lowest BCUT2D eigenvalue weighted by Gasteiger charge is -1.86. The number of halogens is 2. The van der Waals surface area contributed by atoms with Crippen molar-refractivity contribution in [2.75, 3.05) is 0 Å². The van der Waals surface area contributed by atoms with E-state index in [2.05, 4.69) is 0 Å². The Labute approximate surface area is 51.3 Å². The third kappa shape index (κ3) is 0.386. The van der Waals surface area contributed by atoms with E-state index in [4.69, 9.17) is 5.26 Å². The fourth-order valence-electron chi connectivity index (χ4n) is 1.43. The summed E-state index contributed by atoms with van der Waals surface area (Å²) in [5.74, 6) is -2.83. The van der Waals surface area contributed by atoms with Crippen LogP contribution in [0.25, 0.3) is 0 Å². The molecular weight excluding hydrogens is 124 g/mol. The highest BCUT2D eigenvalue weighted by molar-refractivity contribution is 5.29. The second-order valence-electron chi connectivity index (χ2n) is 2.92. The van der Waals surface area contributed by atoms with E-state index in [-0.39, 0.29) is 12.3 Å². The molecule has 0 aromatic carbocycles. The Morgan fingerprint density at radius 1 is 1.56 bits per heavy atom. The molecule has 2 rings (SSSR count). The molecule has 0 radical (unpaired) electrons. The summed E-state index contributed by atoms with van der Waals surface area (Å²) in [5, 5.41) is 8.23. The zero-order valence-electron chi connectivity index (χ0n) is 4.69. The maximum absolute atomic E-state index is 12.3. The molecule has 2 fully saturated rings. The molecule has 0 aromatic rings. The summed E-state index contributed by atoms with van der Waals surface area (Å²) in [4.78, 5) is 0. The highest BCUT2D eigenvalue weighted by atomic mass is 19.3. The molecule has 2 atom stereocenters. The van der Waals surface area contributed by atoms with E-state index < -0.39 is 11.3 Å². The summed E-state index contributed by atoms with van der Waals surface area (Å²) in [6.07, 6.45) is 0.384. The molecule has 1 spiro atoms. The molecule has 9 heavy (non-hydrogen) atoms. The Bertz CT molecular complexity index is 206. The molecule has 0 aliphatic heterocycles. The fourth-order valence-corrected chi connectivity index (χ4v) is 1.43. The Balaban J connectivity index is 2.15. The molecule has 48 valence electrons. The molecule has 0 bridgehead atoms.